The number of carbonyl (C=O) groups excluding carboxylic acids is 4. The normalized spacial score (nSPS) is 19.4. The lowest BCUT2D eigenvalue weighted by Gasteiger charge is -2.31. The highest BCUT2D eigenvalue weighted by Gasteiger charge is 2.38. The van der Waals surface area contributed by atoms with E-state index in [1.54, 1.807) is 77.9 Å². The maximum Gasteiger partial charge on any atom is 0.410 e. The summed E-state index contributed by atoms with van der Waals surface area (Å²) in [5.74, 6) is -1.90. The van der Waals surface area contributed by atoms with Crippen LogP contribution in [0.3, 0.4) is 0 Å². The molecule has 0 bridgehead atoms. The van der Waals surface area contributed by atoms with E-state index in [1.165, 1.54) is 21.9 Å². The van der Waals surface area contributed by atoms with Crippen LogP contribution in [0.2, 0.25) is 0 Å². The molecule has 4 aromatic rings. The molecule has 0 spiro atoms. The Morgan fingerprint density at radius 3 is 1.78 bits per heavy atom. The fourth-order valence-electron chi connectivity index (χ4n) is 7.40. The number of anilines is 2. The topological polar surface area (TPSA) is 131 Å². The third kappa shape index (κ3) is 7.94. The fourth-order valence-corrected chi connectivity index (χ4v) is 7.40. The Balaban J connectivity index is 1.18. The minimum absolute atomic E-state index is 0.219. The number of aromatic nitrogens is 1. The van der Waals surface area contributed by atoms with Crippen molar-refractivity contribution >= 4 is 46.3 Å². The second-order valence-corrected chi connectivity index (χ2v) is 16.2. The first-order chi connectivity index (χ1) is 25.9. The number of amides is 4. The predicted octanol–water partition coefficient (Wildman–Crippen LogP) is 8.20. The van der Waals surface area contributed by atoms with Crippen LogP contribution < -0.4 is 15.4 Å². The molecule has 290 valence electrons. The number of nitrogens with one attached hydrogen (secondary N) is 2. The second kappa shape index (κ2) is 14.2. The standard InChI is InChI=1S/C41H45F2N5O7/c1-40(2,3)54-38(51)46-15-7-9-31(46)35(49)44-27-12-14-30-23(19-27)20-33-29-13-11-28(45-36(50)32-10-8-16-47(32)39(52)55-41(4,5)6)22-34(29)53-37(48(30)33)24-17-25(42)21-26(43)18-24/h11-14,17-22,31-32,37H,7-10,15-16H2,1-6H3,(H,44,49)(H,45,50)/t31-,32-,37?/m0/s1. The monoisotopic (exact) mass is 757 g/mol. The largest absolute Gasteiger partial charge is 0.465 e. The predicted molar refractivity (Wildman–Crippen MR) is 202 cm³/mol. The van der Waals surface area contributed by atoms with Crippen molar-refractivity contribution in [2.45, 2.75) is 96.7 Å². The lowest BCUT2D eigenvalue weighted by atomic mass is 10.1. The molecule has 14 heteroatoms. The van der Waals surface area contributed by atoms with Crippen molar-refractivity contribution in [3.63, 3.8) is 0 Å². The summed E-state index contributed by atoms with van der Waals surface area (Å²) in [6, 6.07) is 14.1. The van der Waals surface area contributed by atoms with Crippen LogP contribution in [0.5, 0.6) is 5.75 Å². The molecule has 3 aliphatic rings. The number of fused-ring (bicyclic) bond motifs is 5. The highest BCUT2D eigenvalue weighted by atomic mass is 19.1. The average molecular weight is 758 g/mol. The van der Waals surface area contributed by atoms with Crippen LogP contribution in [0.15, 0.2) is 60.7 Å². The quantitative estimate of drug-likeness (QED) is 0.210. The number of hydrogen-bond acceptors (Lipinski definition) is 7. The van der Waals surface area contributed by atoms with Gasteiger partial charge in [0, 0.05) is 53.1 Å². The first-order valence-electron chi connectivity index (χ1n) is 18.5. The van der Waals surface area contributed by atoms with Crippen LogP contribution >= 0.6 is 0 Å². The van der Waals surface area contributed by atoms with Crippen LogP contribution in [0.25, 0.3) is 22.2 Å². The lowest BCUT2D eigenvalue weighted by Crippen LogP contribution is -2.45. The van der Waals surface area contributed by atoms with Crippen LogP contribution in [0.4, 0.5) is 29.7 Å². The van der Waals surface area contributed by atoms with E-state index in [2.05, 4.69) is 10.6 Å². The number of hydrogen-bond donors (Lipinski definition) is 2. The molecule has 4 amide bonds. The highest BCUT2D eigenvalue weighted by molar-refractivity contribution is 6.00. The Hall–Kier alpha value is -5.66. The van der Waals surface area contributed by atoms with E-state index in [0.717, 1.165) is 6.07 Å². The highest BCUT2D eigenvalue weighted by Crippen LogP contribution is 2.45. The van der Waals surface area contributed by atoms with Crippen molar-refractivity contribution in [3.8, 4) is 17.0 Å². The smallest absolute Gasteiger partial charge is 0.410 e. The first kappa shape index (κ1) is 37.6. The zero-order valence-corrected chi connectivity index (χ0v) is 31.7. The van der Waals surface area contributed by atoms with E-state index >= 15 is 0 Å². The number of ether oxygens (including phenoxy) is 3. The average Bonchev–Trinajstić information content (AvgIpc) is 3.85. The van der Waals surface area contributed by atoms with E-state index in [9.17, 15) is 28.0 Å². The summed E-state index contributed by atoms with van der Waals surface area (Å²) in [5.41, 5.74) is 1.71. The summed E-state index contributed by atoms with van der Waals surface area (Å²) in [4.78, 5) is 55.5. The molecule has 1 aromatic heterocycles. The Bertz CT molecular complexity index is 2170. The lowest BCUT2D eigenvalue weighted by molar-refractivity contribution is -0.121. The number of benzene rings is 3. The molecular formula is C41H45F2N5O7. The SMILES string of the molecule is CC(C)(C)OC(=O)N1CCC[C@H]1C(=O)Nc1ccc2c(c1)OC(c1cc(F)cc(F)c1)n1c-2cc2cc(NC(=O)[C@@H]3CCCN3C(=O)OC(C)(C)C)ccc21. The molecule has 3 aromatic carbocycles. The van der Waals surface area contributed by atoms with Gasteiger partial charge in [-0.2, -0.15) is 0 Å². The summed E-state index contributed by atoms with van der Waals surface area (Å²) in [6.45, 7) is 11.4. The van der Waals surface area contributed by atoms with Gasteiger partial charge in [-0.15, -0.1) is 0 Å². The summed E-state index contributed by atoms with van der Waals surface area (Å²) in [5, 5.41) is 6.57. The number of rotatable bonds is 5. The number of nitrogens with zero attached hydrogens (tertiary/aromatic N) is 3. The van der Waals surface area contributed by atoms with Gasteiger partial charge in [-0.3, -0.25) is 19.4 Å². The molecule has 0 aliphatic carbocycles. The minimum Gasteiger partial charge on any atom is -0.465 e. The fraction of sp³-hybridized carbons (Fsp3) is 0.415. The van der Waals surface area contributed by atoms with Gasteiger partial charge in [-0.25, -0.2) is 18.4 Å². The second-order valence-electron chi connectivity index (χ2n) is 16.2. The van der Waals surface area contributed by atoms with Gasteiger partial charge in [0.1, 0.15) is 40.7 Å². The van der Waals surface area contributed by atoms with Crippen molar-refractivity contribution < 1.29 is 42.2 Å². The van der Waals surface area contributed by atoms with Crippen molar-refractivity contribution in [2.75, 3.05) is 23.7 Å². The van der Waals surface area contributed by atoms with Crippen LogP contribution in [-0.2, 0) is 19.1 Å². The van der Waals surface area contributed by atoms with E-state index in [-0.39, 0.29) is 17.4 Å². The molecular weight excluding hydrogens is 712 g/mol. The van der Waals surface area contributed by atoms with E-state index in [1.807, 2.05) is 10.6 Å². The van der Waals surface area contributed by atoms with Gasteiger partial charge < -0.3 is 29.4 Å². The zero-order chi connectivity index (χ0) is 39.4. The summed E-state index contributed by atoms with van der Waals surface area (Å²) in [7, 11) is 0. The maximum atomic E-state index is 14.6. The minimum atomic E-state index is -1.00. The van der Waals surface area contributed by atoms with Gasteiger partial charge >= 0.3 is 12.2 Å². The molecule has 2 saturated heterocycles. The van der Waals surface area contributed by atoms with Crippen LogP contribution in [0.1, 0.15) is 79.0 Å². The molecule has 2 N–H and O–H groups in total. The molecule has 7 rings (SSSR count). The van der Waals surface area contributed by atoms with Gasteiger partial charge in [0.2, 0.25) is 18.0 Å². The molecule has 0 saturated carbocycles. The molecule has 1 unspecified atom stereocenters. The molecule has 3 aliphatic heterocycles. The maximum absolute atomic E-state index is 14.6. The molecule has 55 heavy (non-hydrogen) atoms. The molecule has 2 fully saturated rings. The zero-order valence-electron chi connectivity index (χ0n) is 31.7. The van der Waals surface area contributed by atoms with Gasteiger partial charge in [0.05, 0.1) is 11.2 Å². The van der Waals surface area contributed by atoms with Crippen LogP contribution in [0, 0.1) is 11.6 Å². The first-order valence-corrected chi connectivity index (χ1v) is 18.5. The molecule has 4 heterocycles. The molecule has 3 atom stereocenters. The van der Waals surface area contributed by atoms with Crippen LogP contribution in [-0.4, -0.2) is 74.7 Å². The van der Waals surface area contributed by atoms with Gasteiger partial charge in [0.25, 0.3) is 0 Å². The third-order valence-electron chi connectivity index (χ3n) is 9.64. The van der Waals surface area contributed by atoms with Gasteiger partial charge in [0.15, 0.2) is 0 Å². The van der Waals surface area contributed by atoms with Crippen molar-refractivity contribution in [2.24, 2.45) is 0 Å². The van der Waals surface area contributed by atoms with Gasteiger partial charge in [-0.05, 0) is 116 Å². The van der Waals surface area contributed by atoms with Crippen molar-refractivity contribution in [3.05, 3.63) is 77.9 Å². The van der Waals surface area contributed by atoms with Gasteiger partial charge in [-0.1, -0.05) is 0 Å². The number of likely N-dealkylation sites (tertiary alicyclic amines) is 2. The molecule has 12 nitrogen and oxygen atoms in total. The number of carbonyl (C=O) groups is 4. The van der Waals surface area contributed by atoms with E-state index in [0.29, 0.717) is 78.1 Å². The Kier molecular flexibility index (Phi) is 9.72. The van der Waals surface area contributed by atoms with E-state index in [4.69, 9.17) is 14.2 Å². The van der Waals surface area contributed by atoms with Crippen molar-refractivity contribution in [1.82, 2.24) is 14.4 Å². The Morgan fingerprint density at radius 1 is 0.709 bits per heavy atom. The summed E-state index contributed by atoms with van der Waals surface area (Å²) >= 11 is 0. The summed E-state index contributed by atoms with van der Waals surface area (Å²) < 4.78 is 48.6. The Labute approximate surface area is 317 Å². The number of halogens is 2. The van der Waals surface area contributed by atoms with Crippen molar-refractivity contribution in [1.29, 1.82) is 0 Å². The Morgan fingerprint density at radius 2 is 1.24 bits per heavy atom. The summed E-state index contributed by atoms with van der Waals surface area (Å²) in [6.07, 6.45) is 0.196. The van der Waals surface area contributed by atoms with E-state index < -0.39 is 53.3 Å². The third-order valence-corrected chi connectivity index (χ3v) is 9.64. The molecule has 0 radical (unpaired) electrons.